The second-order valence-corrected chi connectivity index (χ2v) is 3.99. The lowest BCUT2D eigenvalue weighted by molar-refractivity contribution is -0.127. The molecule has 1 aromatic carbocycles. The van der Waals surface area contributed by atoms with E-state index in [0.29, 0.717) is 13.1 Å². The van der Waals surface area contributed by atoms with Crippen LogP contribution in [-0.2, 0) is 11.3 Å². The molecule has 0 bridgehead atoms. The highest BCUT2D eigenvalue weighted by molar-refractivity contribution is 5.77. The molecule has 0 atom stereocenters. The molecule has 0 aliphatic rings. The first-order chi connectivity index (χ1) is 8.65. The Morgan fingerprint density at radius 1 is 1.44 bits per heavy atom. The van der Waals surface area contributed by atoms with Gasteiger partial charge in [0.1, 0.15) is 12.4 Å². The van der Waals surface area contributed by atoms with Gasteiger partial charge in [0, 0.05) is 26.2 Å². The first-order valence-corrected chi connectivity index (χ1v) is 5.70. The van der Waals surface area contributed by atoms with E-state index in [-0.39, 0.29) is 12.5 Å². The van der Waals surface area contributed by atoms with Crippen molar-refractivity contribution in [2.75, 3.05) is 27.2 Å². The average molecular weight is 246 g/mol. The van der Waals surface area contributed by atoms with Gasteiger partial charge in [0.15, 0.2) is 0 Å². The Labute approximate surface area is 108 Å². The summed E-state index contributed by atoms with van der Waals surface area (Å²) in [5, 5.41) is 3.08. The molecule has 0 saturated carbocycles. The molecule has 18 heavy (non-hydrogen) atoms. The lowest BCUT2D eigenvalue weighted by Gasteiger charge is -2.12. The van der Waals surface area contributed by atoms with Gasteiger partial charge in [-0.3, -0.25) is 4.79 Å². The molecule has 0 unspecified atom stereocenters. The molecule has 1 N–H and O–H groups in total. The largest absolute Gasteiger partial charge is 0.481 e. The van der Waals surface area contributed by atoms with Gasteiger partial charge >= 0.3 is 0 Å². The molecule has 4 heteroatoms. The number of rotatable bonds is 6. The van der Waals surface area contributed by atoms with Gasteiger partial charge in [-0.25, -0.2) is 0 Å². The molecule has 1 amide bonds. The minimum atomic E-state index is 0.0389. The summed E-state index contributed by atoms with van der Waals surface area (Å²) in [6.07, 6.45) is 5.16. The van der Waals surface area contributed by atoms with Gasteiger partial charge in [-0.05, 0) is 6.07 Å². The highest BCUT2D eigenvalue weighted by atomic mass is 16.5. The van der Waals surface area contributed by atoms with Crippen LogP contribution < -0.4 is 10.1 Å². The summed E-state index contributed by atoms with van der Waals surface area (Å²) >= 11 is 0. The van der Waals surface area contributed by atoms with E-state index >= 15 is 0 Å². The Hall–Kier alpha value is -1.99. The summed E-state index contributed by atoms with van der Waals surface area (Å²) in [5.74, 6) is 3.22. The Bertz CT molecular complexity index is 436. The number of ether oxygens (including phenoxy) is 1. The fraction of sp³-hybridized carbons (Fsp3) is 0.357. The maximum absolute atomic E-state index is 11.4. The number of benzene rings is 1. The van der Waals surface area contributed by atoms with Crippen molar-refractivity contribution in [2.45, 2.75) is 6.54 Å². The number of carbonyl (C=O) groups excluding carboxylic acids is 1. The van der Waals surface area contributed by atoms with E-state index in [9.17, 15) is 4.79 Å². The molecule has 0 heterocycles. The summed E-state index contributed by atoms with van der Waals surface area (Å²) in [5.41, 5.74) is 0.985. The molecular weight excluding hydrogens is 228 g/mol. The predicted octanol–water partition coefficient (Wildman–Crippen LogP) is 0.876. The zero-order valence-electron chi connectivity index (χ0n) is 10.8. The quantitative estimate of drug-likeness (QED) is 0.758. The van der Waals surface area contributed by atoms with Crippen LogP contribution in [-0.4, -0.2) is 38.1 Å². The van der Waals surface area contributed by atoms with Crippen molar-refractivity contribution >= 4 is 5.91 Å². The van der Waals surface area contributed by atoms with E-state index in [0.717, 1.165) is 11.3 Å². The summed E-state index contributed by atoms with van der Waals surface area (Å²) in [4.78, 5) is 12.9. The monoisotopic (exact) mass is 246 g/mol. The first kappa shape index (κ1) is 14.1. The predicted molar refractivity (Wildman–Crippen MR) is 71.2 cm³/mol. The van der Waals surface area contributed by atoms with Gasteiger partial charge in [0.2, 0.25) is 5.91 Å². The van der Waals surface area contributed by atoms with Crippen LogP contribution in [0.5, 0.6) is 5.75 Å². The molecule has 0 fully saturated rings. The molecule has 1 rings (SSSR count). The third-order valence-electron chi connectivity index (χ3n) is 2.37. The number of amides is 1. The smallest absolute Gasteiger partial charge is 0.236 e. The van der Waals surface area contributed by atoms with Crippen molar-refractivity contribution in [1.29, 1.82) is 0 Å². The third kappa shape index (κ3) is 4.48. The number of para-hydroxylation sites is 1. The summed E-state index contributed by atoms with van der Waals surface area (Å²) < 4.78 is 5.42. The number of nitrogens with one attached hydrogen (secondary N) is 1. The third-order valence-corrected chi connectivity index (χ3v) is 2.37. The van der Waals surface area contributed by atoms with Crippen LogP contribution in [0.15, 0.2) is 24.3 Å². The van der Waals surface area contributed by atoms with E-state index < -0.39 is 0 Å². The Morgan fingerprint density at radius 3 is 2.83 bits per heavy atom. The van der Waals surface area contributed by atoms with E-state index in [2.05, 4.69) is 11.2 Å². The number of hydrogen-bond donors (Lipinski definition) is 1. The lowest BCUT2D eigenvalue weighted by atomic mass is 10.2. The average Bonchev–Trinajstić information content (AvgIpc) is 2.37. The van der Waals surface area contributed by atoms with Crippen molar-refractivity contribution in [1.82, 2.24) is 10.2 Å². The highest BCUT2D eigenvalue weighted by Crippen LogP contribution is 2.17. The van der Waals surface area contributed by atoms with Gasteiger partial charge in [0.25, 0.3) is 0 Å². The molecule has 0 aliphatic carbocycles. The maximum Gasteiger partial charge on any atom is 0.236 e. The van der Waals surface area contributed by atoms with Gasteiger partial charge in [-0.2, -0.15) is 0 Å². The van der Waals surface area contributed by atoms with E-state index in [1.54, 1.807) is 19.0 Å². The van der Waals surface area contributed by atoms with Crippen molar-refractivity contribution in [2.24, 2.45) is 0 Å². The molecule has 0 saturated heterocycles. The standard InChI is InChI=1S/C14H18N2O2/c1-4-9-18-13-8-6-5-7-12(13)10-15-11-14(17)16(2)3/h1,5-8,15H,9-11H2,2-3H3. The molecule has 96 valence electrons. The maximum atomic E-state index is 11.4. The summed E-state index contributed by atoms with van der Waals surface area (Å²) in [6, 6.07) is 7.62. The van der Waals surface area contributed by atoms with Gasteiger partial charge < -0.3 is 15.0 Å². The Balaban J connectivity index is 2.51. The Kier molecular flexibility index (Phi) is 5.75. The summed E-state index contributed by atoms with van der Waals surface area (Å²) in [7, 11) is 3.46. The zero-order chi connectivity index (χ0) is 13.4. The minimum absolute atomic E-state index is 0.0389. The molecular formula is C14H18N2O2. The van der Waals surface area contributed by atoms with Crippen LogP contribution in [0.4, 0.5) is 0 Å². The van der Waals surface area contributed by atoms with E-state index in [1.165, 1.54) is 0 Å². The molecule has 0 radical (unpaired) electrons. The van der Waals surface area contributed by atoms with Crippen LogP contribution in [0.1, 0.15) is 5.56 Å². The fourth-order valence-corrected chi connectivity index (χ4v) is 1.37. The molecule has 0 aromatic heterocycles. The molecule has 4 nitrogen and oxygen atoms in total. The second kappa shape index (κ2) is 7.36. The van der Waals surface area contributed by atoms with Gasteiger partial charge in [0.05, 0.1) is 6.54 Å². The molecule has 0 aliphatic heterocycles. The first-order valence-electron chi connectivity index (χ1n) is 5.70. The number of likely N-dealkylation sites (N-methyl/N-ethyl adjacent to an activating group) is 1. The number of terminal acetylenes is 1. The number of carbonyl (C=O) groups is 1. The zero-order valence-corrected chi connectivity index (χ0v) is 10.8. The normalized spacial score (nSPS) is 9.61. The van der Waals surface area contributed by atoms with Crippen molar-refractivity contribution < 1.29 is 9.53 Å². The topological polar surface area (TPSA) is 41.6 Å². The van der Waals surface area contributed by atoms with Gasteiger partial charge in [-0.1, -0.05) is 24.1 Å². The lowest BCUT2D eigenvalue weighted by Crippen LogP contribution is -2.32. The second-order valence-electron chi connectivity index (χ2n) is 3.99. The van der Waals surface area contributed by atoms with Crippen LogP contribution >= 0.6 is 0 Å². The van der Waals surface area contributed by atoms with Crippen molar-refractivity contribution in [3.63, 3.8) is 0 Å². The molecule has 0 spiro atoms. The molecule has 1 aromatic rings. The van der Waals surface area contributed by atoms with E-state index in [1.807, 2.05) is 24.3 Å². The number of hydrogen-bond acceptors (Lipinski definition) is 3. The van der Waals surface area contributed by atoms with Crippen LogP contribution in [0, 0.1) is 12.3 Å². The Morgan fingerprint density at radius 2 is 2.17 bits per heavy atom. The van der Waals surface area contributed by atoms with Gasteiger partial charge in [-0.15, -0.1) is 6.42 Å². The van der Waals surface area contributed by atoms with Crippen molar-refractivity contribution in [3.05, 3.63) is 29.8 Å². The minimum Gasteiger partial charge on any atom is -0.481 e. The van der Waals surface area contributed by atoms with Crippen molar-refractivity contribution in [3.8, 4) is 18.1 Å². The van der Waals surface area contributed by atoms with E-state index in [4.69, 9.17) is 11.2 Å². The van der Waals surface area contributed by atoms with Crippen LogP contribution in [0.2, 0.25) is 0 Å². The van der Waals surface area contributed by atoms with Crippen LogP contribution in [0.25, 0.3) is 0 Å². The SMILES string of the molecule is C#CCOc1ccccc1CNCC(=O)N(C)C. The highest BCUT2D eigenvalue weighted by Gasteiger charge is 2.05. The van der Waals surface area contributed by atoms with Crippen LogP contribution in [0.3, 0.4) is 0 Å². The summed E-state index contributed by atoms with van der Waals surface area (Å²) in [6.45, 7) is 1.12. The fourth-order valence-electron chi connectivity index (χ4n) is 1.37. The number of nitrogens with zero attached hydrogens (tertiary/aromatic N) is 1.